The SMILES string of the molecule is CC(C)CSCCCNC1CCCC1C. The summed E-state index contributed by atoms with van der Waals surface area (Å²) in [7, 11) is 0. The van der Waals surface area contributed by atoms with Gasteiger partial charge in [-0.05, 0) is 49.1 Å². The van der Waals surface area contributed by atoms with Crippen molar-refractivity contribution in [2.45, 2.75) is 52.5 Å². The van der Waals surface area contributed by atoms with Gasteiger partial charge in [-0.15, -0.1) is 0 Å². The summed E-state index contributed by atoms with van der Waals surface area (Å²) in [6.07, 6.45) is 5.60. The zero-order chi connectivity index (χ0) is 11.1. The van der Waals surface area contributed by atoms with Crippen molar-refractivity contribution >= 4 is 11.8 Å². The molecule has 0 saturated heterocycles. The molecule has 0 amide bonds. The molecule has 0 heterocycles. The Morgan fingerprint density at radius 2 is 2.13 bits per heavy atom. The molecule has 0 bridgehead atoms. The quantitative estimate of drug-likeness (QED) is 0.670. The van der Waals surface area contributed by atoms with Gasteiger partial charge in [-0.25, -0.2) is 0 Å². The summed E-state index contributed by atoms with van der Waals surface area (Å²) in [6.45, 7) is 8.20. The fourth-order valence-corrected chi connectivity index (χ4v) is 3.22. The van der Waals surface area contributed by atoms with Crippen LogP contribution in [0.15, 0.2) is 0 Å². The molecule has 0 radical (unpaired) electrons. The van der Waals surface area contributed by atoms with Crippen LogP contribution in [-0.4, -0.2) is 24.1 Å². The van der Waals surface area contributed by atoms with Crippen LogP contribution in [0.3, 0.4) is 0 Å². The standard InChI is InChI=1S/C13H27NS/c1-11(2)10-15-9-5-8-14-13-7-4-6-12(13)3/h11-14H,4-10H2,1-3H3. The zero-order valence-corrected chi connectivity index (χ0v) is 11.4. The third kappa shape index (κ3) is 5.82. The first-order valence-corrected chi connectivity index (χ1v) is 7.66. The number of nitrogens with one attached hydrogen (secondary N) is 1. The van der Waals surface area contributed by atoms with Crippen molar-refractivity contribution in [1.82, 2.24) is 5.32 Å². The lowest BCUT2D eigenvalue weighted by Gasteiger charge is -2.17. The molecule has 0 aromatic rings. The molecule has 1 rings (SSSR count). The van der Waals surface area contributed by atoms with E-state index in [9.17, 15) is 0 Å². The molecule has 1 aliphatic carbocycles. The fourth-order valence-electron chi connectivity index (χ4n) is 2.23. The highest BCUT2D eigenvalue weighted by Crippen LogP contribution is 2.24. The van der Waals surface area contributed by atoms with Gasteiger partial charge in [0.2, 0.25) is 0 Å². The van der Waals surface area contributed by atoms with Crippen molar-refractivity contribution in [3.05, 3.63) is 0 Å². The van der Waals surface area contributed by atoms with Crippen LogP contribution in [0.25, 0.3) is 0 Å². The van der Waals surface area contributed by atoms with E-state index in [1.165, 1.54) is 43.7 Å². The summed E-state index contributed by atoms with van der Waals surface area (Å²) in [5, 5.41) is 3.71. The lowest BCUT2D eigenvalue weighted by atomic mass is 10.1. The lowest BCUT2D eigenvalue weighted by Crippen LogP contribution is -2.32. The van der Waals surface area contributed by atoms with E-state index in [-0.39, 0.29) is 0 Å². The number of hydrogen-bond acceptors (Lipinski definition) is 2. The number of rotatable bonds is 7. The van der Waals surface area contributed by atoms with E-state index in [1.807, 2.05) is 0 Å². The minimum Gasteiger partial charge on any atom is -0.314 e. The largest absolute Gasteiger partial charge is 0.314 e. The van der Waals surface area contributed by atoms with Crippen molar-refractivity contribution in [3.8, 4) is 0 Å². The predicted octanol–water partition coefficient (Wildman–Crippen LogP) is 3.54. The van der Waals surface area contributed by atoms with E-state index in [0.717, 1.165) is 17.9 Å². The van der Waals surface area contributed by atoms with E-state index in [4.69, 9.17) is 0 Å². The Hall–Kier alpha value is 0.310. The molecule has 1 fully saturated rings. The van der Waals surface area contributed by atoms with E-state index < -0.39 is 0 Å². The molecule has 1 N–H and O–H groups in total. The predicted molar refractivity (Wildman–Crippen MR) is 71.6 cm³/mol. The maximum Gasteiger partial charge on any atom is 0.00926 e. The molecule has 1 nitrogen and oxygen atoms in total. The van der Waals surface area contributed by atoms with Crippen LogP contribution in [0.2, 0.25) is 0 Å². The fraction of sp³-hybridized carbons (Fsp3) is 1.00. The average Bonchev–Trinajstić information content (AvgIpc) is 2.57. The third-order valence-electron chi connectivity index (χ3n) is 3.18. The van der Waals surface area contributed by atoms with Gasteiger partial charge < -0.3 is 5.32 Å². The van der Waals surface area contributed by atoms with Crippen LogP contribution in [0.5, 0.6) is 0 Å². The van der Waals surface area contributed by atoms with Crippen LogP contribution >= 0.6 is 11.8 Å². The summed E-state index contributed by atoms with van der Waals surface area (Å²) in [6, 6.07) is 0.820. The molecular weight excluding hydrogens is 202 g/mol. The van der Waals surface area contributed by atoms with Gasteiger partial charge in [0.1, 0.15) is 0 Å². The van der Waals surface area contributed by atoms with Gasteiger partial charge in [-0.3, -0.25) is 0 Å². The first-order chi connectivity index (χ1) is 7.20. The summed E-state index contributed by atoms with van der Waals surface area (Å²) in [4.78, 5) is 0. The number of hydrogen-bond donors (Lipinski definition) is 1. The average molecular weight is 229 g/mol. The Labute approximate surface area is 99.8 Å². The van der Waals surface area contributed by atoms with Gasteiger partial charge >= 0.3 is 0 Å². The summed E-state index contributed by atoms with van der Waals surface area (Å²) in [5.74, 6) is 4.40. The van der Waals surface area contributed by atoms with Crippen molar-refractivity contribution in [2.75, 3.05) is 18.1 Å². The molecule has 2 atom stereocenters. The molecule has 1 aliphatic rings. The normalized spacial score (nSPS) is 26.4. The second-order valence-corrected chi connectivity index (χ2v) is 6.44. The Morgan fingerprint density at radius 3 is 2.73 bits per heavy atom. The van der Waals surface area contributed by atoms with Gasteiger partial charge in [0.15, 0.2) is 0 Å². The second-order valence-electron chi connectivity index (χ2n) is 5.29. The van der Waals surface area contributed by atoms with Crippen LogP contribution in [0.1, 0.15) is 46.5 Å². The monoisotopic (exact) mass is 229 g/mol. The highest BCUT2D eigenvalue weighted by atomic mass is 32.2. The maximum atomic E-state index is 3.71. The van der Waals surface area contributed by atoms with Crippen LogP contribution < -0.4 is 5.32 Å². The van der Waals surface area contributed by atoms with Gasteiger partial charge in [0.05, 0.1) is 0 Å². The molecule has 0 aliphatic heterocycles. The zero-order valence-electron chi connectivity index (χ0n) is 10.6. The van der Waals surface area contributed by atoms with E-state index in [0.29, 0.717) is 0 Å². The Morgan fingerprint density at radius 1 is 1.33 bits per heavy atom. The molecule has 1 saturated carbocycles. The van der Waals surface area contributed by atoms with Gasteiger partial charge in [-0.2, -0.15) is 11.8 Å². The van der Waals surface area contributed by atoms with E-state index >= 15 is 0 Å². The molecule has 0 spiro atoms. The number of thioether (sulfide) groups is 1. The minimum atomic E-state index is 0.820. The van der Waals surface area contributed by atoms with Crippen LogP contribution in [0, 0.1) is 11.8 Å². The van der Waals surface area contributed by atoms with Crippen LogP contribution in [0.4, 0.5) is 0 Å². The lowest BCUT2D eigenvalue weighted by molar-refractivity contribution is 0.428. The van der Waals surface area contributed by atoms with E-state index in [1.54, 1.807) is 0 Å². The van der Waals surface area contributed by atoms with Crippen molar-refractivity contribution in [2.24, 2.45) is 11.8 Å². The second kappa shape index (κ2) is 7.56. The summed E-state index contributed by atoms with van der Waals surface area (Å²) < 4.78 is 0. The minimum absolute atomic E-state index is 0.820. The van der Waals surface area contributed by atoms with Crippen LogP contribution in [-0.2, 0) is 0 Å². The molecule has 2 unspecified atom stereocenters. The Kier molecular flexibility index (Phi) is 6.74. The molecule has 0 aromatic heterocycles. The maximum absolute atomic E-state index is 3.71. The summed E-state index contributed by atoms with van der Waals surface area (Å²) >= 11 is 2.10. The molecule has 15 heavy (non-hydrogen) atoms. The Balaban J connectivity index is 1.88. The highest BCUT2D eigenvalue weighted by molar-refractivity contribution is 7.99. The smallest absolute Gasteiger partial charge is 0.00926 e. The van der Waals surface area contributed by atoms with E-state index in [2.05, 4.69) is 37.8 Å². The molecule has 0 aromatic carbocycles. The topological polar surface area (TPSA) is 12.0 Å². The first-order valence-electron chi connectivity index (χ1n) is 6.51. The molecule has 2 heteroatoms. The third-order valence-corrected chi connectivity index (χ3v) is 4.66. The van der Waals surface area contributed by atoms with Gasteiger partial charge in [0.25, 0.3) is 0 Å². The molecule has 90 valence electrons. The van der Waals surface area contributed by atoms with Gasteiger partial charge in [-0.1, -0.05) is 27.2 Å². The van der Waals surface area contributed by atoms with Crippen molar-refractivity contribution in [1.29, 1.82) is 0 Å². The first kappa shape index (κ1) is 13.4. The van der Waals surface area contributed by atoms with Crippen molar-refractivity contribution in [3.63, 3.8) is 0 Å². The Bertz CT molecular complexity index is 159. The molecular formula is C13H27NS. The summed E-state index contributed by atoms with van der Waals surface area (Å²) in [5.41, 5.74) is 0. The highest BCUT2D eigenvalue weighted by Gasteiger charge is 2.21. The van der Waals surface area contributed by atoms with Gasteiger partial charge in [0, 0.05) is 6.04 Å². The van der Waals surface area contributed by atoms with Crippen molar-refractivity contribution < 1.29 is 0 Å².